The van der Waals surface area contributed by atoms with E-state index in [9.17, 15) is 36.2 Å². The molecule has 2 aliphatic rings. The van der Waals surface area contributed by atoms with Crippen LogP contribution in [-0.4, -0.2) is 89.7 Å². The number of aliphatic hydroxyl groups is 1. The minimum absolute atomic E-state index is 0.00492. The van der Waals surface area contributed by atoms with Crippen molar-refractivity contribution in [2.45, 2.75) is 37.5 Å². The molecule has 0 saturated carbocycles. The van der Waals surface area contributed by atoms with Gasteiger partial charge < -0.3 is 20.5 Å². The molecule has 0 radical (unpaired) electrons. The molecule has 1 aromatic carbocycles. The van der Waals surface area contributed by atoms with Gasteiger partial charge >= 0.3 is 12.1 Å². The average Bonchev–Trinajstić information content (AvgIpc) is 3.34. The summed E-state index contributed by atoms with van der Waals surface area (Å²) >= 11 is 0. The van der Waals surface area contributed by atoms with E-state index in [-0.39, 0.29) is 55.6 Å². The van der Waals surface area contributed by atoms with Crippen LogP contribution in [0, 0.1) is 11.7 Å². The molecule has 40 heavy (non-hydrogen) atoms. The number of nitrogens with zero attached hydrogens (tertiary/aromatic N) is 3. The van der Waals surface area contributed by atoms with Crippen molar-refractivity contribution >= 4 is 12.3 Å². The van der Waals surface area contributed by atoms with E-state index in [0.29, 0.717) is 37.3 Å². The number of carbonyl (C=O) groups is 2. The zero-order chi connectivity index (χ0) is 29.5. The summed E-state index contributed by atoms with van der Waals surface area (Å²) < 4.78 is 84.2. The van der Waals surface area contributed by atoms with Gasteiger partial charge in [0.2, 0.25) is 6.41 Å². The summed E-state index contributed by atoms with van der Waals surface area (Å²) in [6.07, 6.45) is -3.13. The Bertz CT molecular complexity index is 1140. The molecular weight excluding hydrogens is 546 g/mol. The predicted octanol–water partition coefficient (Wildman–Crippen LogP) is 3.48. The number of piperidine rings is 1. The first kappa shape index (κ1) is 31.1. The number of hydrogen-bond donors (Lipinski definition) is 2. The first-order chi connectivity index (χ1) is 18.8. The lowest BCUT2D eigenvalue weighted by atomic mass is 9.97. The van der Waals surface area contributed by atoms with E-state index in [1.54, 1.807) is 12.1 Å². The molecule has 1 atom stereocenters. The number of likely N-dealkylation sites (tertiary alicyclic amines) is 2. The Balaban J connectivity index is 0.00000141. The number of hydrogen-bond acceptors (Lipinski definition) is 6. The number of aromatic nitrogens is 1. The minimum Gasteiger partial charge on any atom is -0.492 e. The molecule has 8 nitrogen and oxygen atoms in total. The molecule has 0 spiro atoms. The molecule has 4 rings (SSSR count). The summed E-state index contributed by atoms with van der Waals surface area (Å²) in [4.78, 5) is 27.9. The van der Waals surface area contributed by atoms with E-state index in [4.69, 9.17) is 9.53 Å². The molecule has 3 N–H and O–H groups in total. The fraction of sp³-hybridized carbons (Fsp3) is 0.500. The highest BCUT2D eigenvalue weighted by Gasteiger charge is 2.58. The van der Waals surface area contributed by atoms with Gasteiger partial charge in [0.05, 0.1) is 31.1 Å². The van der Waals surface area contributed by atoms with Crippen molar-refractivity contribution in [1.82, 2.24) is 14.8 Å². The first-order valence-corrected chi connectivity index (χ1v) is 12.5. The Morgan fingerprint density at radius 3 is 2.30 bits per heavy atom. The molecule has 0 bridgehead atoms. The van der Waals surface area contributed by atoms with Crippen LogP contribution in [0.4, 0.5) is 26.3 Å². The third-order valence-electron chi connectivity index (χ3n) is 6.71. The maximum absolute atomic E-state index is 14.7. The highest BCUT2D eigenvalue weighted by molar-refractivity contribution is 5.95. The molecule has 14 heteroatoms. The van der Waals surface area contributed by atoms with Gasteiger partial charge in [-0.25, -0.2) is 4.39 Å². The van der Waals surface area contributed by atoms with Gasteiger partial charge in [-0.2, -0.15) is 22.0 Å². The average molecular weight is 577 g/mol. The number of amides is 2. The highest BCUT2D eigenvalue weighted by atomic mass is 19.4. The van der Waals surface area contributed by atoms with E-state index in [2.05, 4.69) is 10.7 Å². The van der Waals surface area contributed by atoms with Crippen LogP contribution < -0.4 is 10.5 Å². The van der Waals surface area contributed by atoms with Crippen molar-refractivity contribution in [3.63, 3.8) is 0 Å². The SMILES string of the molecule is NC=O.O=C(c1ccc(-c2ccc(OCC3CCN(CC(F)(F)C(F)(F)F)CC3)cn2)c(F)c1)N1CCC(O)C1. The number of carbonyl (C=O) groups excluding carboxylic acids is 2. The number of β-amino-alcohol motifs (C(OH)–C–C–N with tert-alkyl or cyclic N) is 1. The zero-order valence-corrected chi connectivity index (χ0v) is 21.4. The molecule has 3 heterocycles. The van der Waals surface area contributed by atoms with Gasteiger partial charge in [0.15, 0.2) is 0 Å². The predicted molar refractivity (Wildman–Crippen MR) is 132 cm³/mol. The maximum atomic E-state index is 14.7. The van der Waals surface area contributed by atoms with E-state index in [1.165, 1.54) is 23.2 Å². The van der Waals surface area contributed by atoms with E-state index >= 15 is 0 Å². The summed E-state index contributed by atoms with van der Waals surface area (Å²) in [6, 6.07) is 7.28. The maximum Gasteiger partial charge on any atom is 0.454 e. The number of halogens is 6. The third-order valence-corrected chi connectivity index (χ3v) is 6.71. The second-order valence-electron chi connectivity index (χ2n) is 9.64. The van der Waals surface area contributed by atoms with Crippen molar-refractivity contribution in [2.75, 3.05) is 39.3 Å². The van der Waals surface area contributed by atoms with Gasteiger partial charge in [-0.05, 0) is 68.6 Å². The Morgan fingerprint density at radius 2 is 1.77 bits per heavy atom. The molecular formula is C26H30F6N4O4. The van der Waals surface area contributed by atoms with Crippen molar-refractivity contribution in [2.24, 2.45) is 11.7 Å². The normalized spacial score (nSPS) is 18.7. The second-order valence-corrected chi connectivity index (χ2v) is 9.64. The van der Waals surface area contributed by atoms with Gasteiger partial charge in [0, 0.05) is 24.2 Å². The van der Waals surface area contributed by atoms with Crippen LogP contribution in [-0.2, 0) is 4.79 Å². The lowest BCUT2D eigenvalue weighted by Gasteiger charge is -2.34. The van der Waals surface area contributed by atoms with Crippen LogP contribution in [0.15, 0.2) is 36.5 Å². The Labute approximate surface area is 226 Å². The molecule has 2 fully saturated rings. The van der Waals surface area contributed by atoms with Crippen LogP contribution in [0.1, 0.15) is 29.6 Å². The van der Waals surface area contributed by atoms with Crippen LogP contribution in [0.3, 0.4) is 0 Å². The molecule has 2 aromatic rings. The quantitative estimate of drug-likeness (QED) is 0.386. The number of nitrogens with two attached hydrogens (primary N) is 1. The number of ether oxygens (including phenoxy) is 1. The number of rotatable bonds is 7. The van der Waals surface area contributed by atoms with Crippen LogP contribution in [0.25, 0.3) is 11.3 Å². The van der Waals surface area contributed by atoms with Crippen molar-refractivity contribution in [3.05, 3.63) is 47.9 Å². The van der Waals surface area contributed by atoms with Gasteiger partial charge in [-0.15, -0.1) is 0 Å². The summed E-state index contributed by atoms with van der Waals surface area (Å²) in [7, 11) is 0. The molecule has 2 aliphatic heterocycles. The summed E-state index contributed by atoms with van der Waals surface area (Å²) in [5, 5.41) is 9.60. The molecule has 2 amide bonds. The lowest BCUT2D eigenvalue weighted by molar-refractivity contribution is -0.287. The van der Waals surface area contributed by atoms with Crippen LogP contribution in [0.5, 0.6) is 5.75 Å². The van der Waals surface area contributed by atoms with Crippen LogP contribution >= 0.6 is 0 Å². The largest absolute Gasteiger partial charge is 0.492 e. The monoisotopic (exact) mass is 576 g/mol. The lowest BCUT2D eigenvalue weighted by Crippen LogP contribution is -2.49. The Morgan fingerprint density at radius 1 is 1.10 bits per heavy atom. The van der Waals surface area contributed by atoms with Crippen molar-refractivity contribution < 1.29 is 45.8 Å². The molecule has 0 aliphatic carbocycles. The topological polar surface area (TPSA) is 109 Å². The van der Waals surface area contributed by atoms with E-state index in [1.807, 2.05) is 0 Å². The standard InChI is InChI=1S/C25H27F6N3O3.CH3NO/c26-21-11-17(23(36)34-10-7-18(35)13-34)1-3-20(21)22-4-2-19(12-32-22)37-14-16-5-8-33(9-6-16)15-24(27,28)25(29,30)31;2-1-3/h1-4,11-12,16,18,35H,5-10,13-15H2;1H,(H2,2,3). The summed E-state index contributed by atoms with van der Waals surface area (Å²) in [5.74, 6) is -5.30. The number of pyridine rings is 1. The molecule has 1 aromatic heterocycles. The number of benzene rings is 1. The zero-order valence-electron chi connectivity index (χ0n) is 21.4. The second kappa shape index (κ2) is 13.3. The summed E-state index contributed by atoms with van der Waals surface area (Å²) in [5.41, 5.74) is 4.88. The van der Waals surface area contributed by atoms with Gasteiger partial charge in [-0.1, -0.05) is 0 Å². The molecule has 220 valence electrons. The van der Waals surface area contributed by atoms with E-state index < -0.39 is 30.6 Å². The number of primary amides is 1. The Hall–Kier alpha value is -3.39. The fourth-order valence-electron chi connectivity index (χ4n) is 4.49. The summed E-state index contributed by atoms with van der Waals surface area (Å²) in [6.45, 7) is -0.221. The van der Waals surface area contributed by atoms with Gasteiger partial charge in [0.1, 0.15) is 11.6 Å². The van der Waals surface area contributed by atoms with Gasteiger partial charge in [-0.3, -0.25) is 19.5 Å². The van der Waals surface area contributed by atoms with Gasteiger partial charge in [0.25, 0.3) is 5.91 Å². The smallest absolute Gasteiger partial charge is 0.454 e. The fourth-order valence-corrected chi connectivity index (χ4v) is 4.49. The van der Waals surface area contributed by atoms with Crippen LogP contribution in [0.2, 0.25) is 0 Å². The number of aliphatic hydroxyl groups excluding tert-OH is 1. The Kier molecular flexibility index (Phi) is 10.4. The molecule has 2 saturated heterocycles. The van der Waals surface area contributed by atoms with Crippen molar-refractivity contribution in [1.29, 1.82) is 0 Å². The van der Waals surface area contributed by atoms with Crippen molar-refractivity contribution in [3.8, 4) is 17.0 Å². The van der Waals surface area contributed by atoms with E-state index in [0.717, 1.165) is 11.0 Å². The number of alkyl halides is 5. The third kappa shape index (κ3) is 8.07. The first-order valence-electron chi connectivity index (χ1n) is 12.5. The molecule has 1 unspecified atom stereocenters. The minimum atomic E-state index is -5.56. The highest BCUT2D eigenvalue weighted by Crippen LogP contribution is 2.36.